The lowest BCUT2D eigenvalue weighted by Gasteiger charge is -2.18. The minimum atomic E-state index is -0.0620. The van der Waals surface area contributed by atoms with E-state index in [1.165, 1.54) is 0 Å². The first kappa shape index (κ1) is 14.9. The average Bonchev–Trinajstić information content (AvgIpc) is 2.98. The molecule has 5 nitrogen and oxygen atoms in total. The van der Waals surface area contributed by atoms with Gasteiger partial charge in [0, 0.05) is 17.9 Å². The number of halogens is 1. The Labute approximate surface area is 143 Å². The van der Waals surface area contributed by atoms with Gasteiger partial charge in [-0.15, -0.1) is 0 Å². The Morgan fingerprint density at radius 2 is 2.08 bits per heavy atom. The quantitative estimate of drug-likeness (QED) is 0.767. The van der Waals surface area contributed by atoms with Gasteiger partial charge in [-0.2, -0.15) is 5.10 Å². The van der Waals surface area contributed by atoms with Crippen molar-refractivity contribution in [3.63, 3.8) is 0 Å². The number of nitrogens with one attached hydrogen (secondary N) is 1. The lowest BCUT2D eigenvalue weighted by molar-refractivity contribution is -0.121. The fourth-order valence-corrected chi connectivity index (χ4v) is 3.05. The van der Waals surface area contributed by atoms with Crippen molar-refractivity contribution in [2.24, 2.45) is 11.0 Å². The second-order valence-electron chi connectivity index (χ2n) is 5.82. The third-order valence-corrected chi connectivity index (χ3v) is 4.38. The van der Waals surface area contributed by atoms with E-state index in [0.717, 1.165) is 22.4 Å². The Hall–Kier alpha value is -2.66. The van der Waals surface area contributed by atoms with Crippen molar-refractivity contribution >= 4 is 34.3 Å². The highest BCUT2D eigenvalue weighted by molar-refractivity contribution is 6.33. The highest BCUT2D eigenvalue weighted by Crippen LogP contribution is 2.30. The second kappa shape index (κ2) is 5.76. The highest BCUT2D eigenvalue weighted by Gasteiger charge is 2.22. The van der Waals surface area contributed by atoms with Crippen molar-refractivity contribution in [2.75, 3.05) is 0 Å². The number of nitrogens with zero attached hydrogens (tertiary/aromatic N) is 2. The molecule has 1 aromatic heterocycles. The van der Waals surface area contributed by atoms with Crippen molar-refractivity contribution in [1.29, 1.82) is 0 Å². The van der Waals surface area contributed by atoms with Crippen LogP contribution in [0.5, 0.6) is 0 Å². The van der Waals surface area contributed by atoms with Crippen LogP contribution in [0.15, 0.2) is 52.0 Å². The van der Waals surface area contributed by atoms with Gasteiger partial charge in [-0.05, 0) is 24.3 Å². The first-order chi connectivity index (χ1) is 11.6. The van der Waals surface area contributed by atoms with Gasteiger partial charge in [-0.3, -0.25) is 4.79 Å². The summed E-state index contributed by atoms with van der Waals surface area (Å²) in [6.07, 6.45) is 0.429. The molecule has 1 aliphatic rings. The number of carbonyl (C=O) groups excluding carboxylic acids is 1. The molecule has 0 fully saturated rings. The Morgan fingerprint density at radius 3 is 2.88 bits per heavy atom. The number of amides is 1. The van der Waals surface area contributed by atoms with Crippen LogP contribution >= 0.6 is 11.6 Å². The third kappa shape index (κ3) is 2.57. The van der Waals surface area contributed by atoms with Crippen molar-refractivity contribution in [2.45, 2.75) is 13.3 Å². The summed E-state index contributed by atoms with van der Waals surface area (Å²) in [6.45, 7) is 1.98. The molecular weight excluding hydrogens is 326 g/mol. The predicted molar refractivity (Wildman–Crippen MR) is 92.9 cm³/mol. The lowest BCUT2D eigenvalue weighted by atomic mass is 9.94. The van der Waals surface area contributed by atoms with Crippen LogP contribution < -0.4 is 5.43 Å². The maximum Gasteiger partial charge on any atom is 0.240 e. The Kier molecular flexibility index (Phi) is 3.58. The maximum absolute atomic E-state index is 11.4. The van der Waals surface area contributed by atoms with Crippen LogP contribution in [0.4, 0.5) is 0 Å². The molecule has 0 aliphatic carbocycles. The zero-order valence-corrected chi connectivity index (χ0v) is 13.7. The molecule has 0 radical (unpaired) electrons. The van der Waals surface area contributed by atoms with Crippen LogP contribution in [-0.2, 0) is 4.79 Å². The summed E-state index contributed by atoms with van der Waals surface area (Å²) in [7, 11) is 0. The van der Waals surface area contributed by atoms with Crippen LogP contribution in [0, 0.1) is 5.92 Å². The maximum atomic E-state index is 11.4. The molecule has 0 spiro atoms. The monoisotopic (exact) mass is 339 g/mol. The van der Waals surface area contributed by atoms with Crippen molar-refractivity contribution < 1.29 is 9.21 Å². The molecule has 0 saturated heterocycles. The fourth-order valence-electron chi connectivity index (χ4n) is 2.84. The number of hydrazone groups is 1. The number of carbonyl (C=O) groups is 1. The minimum absolute atomic E-state index is 0.0576. The number of aromatic nitrogens is 1. The van der Waals surface area contributed by atoms with Gasteiger partial charge in [0.25, 0.3) is 0 Å². The molecule has 3 aromatic rings. The van der Waals surface area contributed by atoms with Crippen molar-refractivity contribution in [3.05, 3.63) is 53.1 Å². The second-order valence-corrected chi connectivity index (χ2v) is 6.23. The molecule has 120 valence electrons. The molecule has 6 heteroatoms. The summed E-state index contributed by atoms with van der Waals surface area (Å²) in [5.74, 6) is 0.481. The van der Waals surface area contributed by atoms with Crippen molar-refractivity contribution in [1.82, 2.24) is 10.4 Å². The molecule has 0 bridgehead atoms. The molecule has 2 aromatic carbocycles. The summed E-state index contributed by atoms with van der Waals surface area (Å²) >= 11 is 6.21. The van der Waals surface area contributed by atoms with Gasteiger partial charge in [-0.25, -0.2) is 10.4 Å². The number of hydrogen-bond donors (Lipinski definition) is 1. The zero-order valence-electron chi connectivity index (χ0n) is 12.9. The minimum Gasteiger partial charge on any atom is -0.436 e. The highest BCUT2D eigenvalue weighted by atomic mass is 35.5. The molecular formula is C18H14ClN3O2. The first-order valence-corrected chi connectivity index (χ1v) is 8.02. The molecule has 0 saturated carbocycles. The van der Waals surface area contributed by atoms with E-state index >= 15 is 0 Å². The van der Waals surface area contributed by atoms with E-state index in [9.17, 15) is 4.79 Å². The number of hydrogen-bond acceptors (Lipinski definition) is 4. The predicted octanol–water partition coefficient (Wildman–Crippen LogP) is 4.01. The van der Waals surface area contributed by atoms with E-state index < -0.39 is 0 Å². The summed E-state index contributed by atoms with van der Waals surface area (Å²) in [6, 6.07) is 13.2. The fraction of sp³-hybridized carbons (Fsp3) is 0.167. The van der Waals surface area contributed by atoms with E-state index in [1.807, 2.05) is 43.3 Å². The third-order valence-electron chi connectivity index (χ3n) is 4.05. The smallest absolute Gasteiger partial charge is 0.240 e. The summed E-state index contributed by atoms with van der Waals surface area (Å²) in [4.78, 5) is 15.9. The SMILES string of the molecule is CC1CC(=O)NN=C1c1ccc2nc(-c3ccccc3Cl)oc2c1. The average molecular weight is 340 g/mol. The largest absolute Gasteiger partial charge is 0.436 e. The number of rotatable bonds is 2. The number of benzene rings is 2. The van der Waals surface area contributed by atoms with Gasteiger partial charge >= 0.3 is 0 Å². The molecule has 1 atom stereocenters. The summed E-state index contributed by atoms with van der Waals surface area (Å²) in [5, 5.41) is 4.78. The number of fused-ring (bicyclic) bond motifs is 1. The van der Waals surface area contributed by atoms with Gasteiger partial charge in [0.05, 0.1) is 16.3 Å². The molecule has 2 heterocycles. The van der Waals surface area contributed by atoms with Crippen LogP contribution in [0.1, 0.15) is 18.9 Å². The molecule has 4 rings (SSSR count). The first-order valence-electron chi connectivity index (χ1n) is 7.64. The normalized spacial score (nSPS) is 17.7. The van der Waals surface area contributed by atoms with Crippen LogP contribution in [-0.4, -0.2) is 16.6 Å². The molecule has 1 unspecified atom stereocenters. The molecule has 1 N–H and O–H groups in total. The topological polar surface area (TPSA) is 67.5 Å². The van der Waals surface area contributed by atoms with Gasteiger partial charge in [-0.1, -0.05) is 36.7 Å². The van der Waals surface area contributed by atoms with E-state index in [-0.39, 0.29) is 11.8 Å². The van der Waals surface area contributed by atoms with Gasteiger partial charge in [0.1, 0.15) is 5.52 Å². The standard InChI is InChI=1S/C18H14ClN3O2/c1-10-8-16(23)21-22-17(10)11-6-7-14-15(9-11)24-18(20-14)12-4-2-3-5-13(12)19/h2-7,9-10H,8H2,1H3,(H,21,23). The Bertz CT molecular complexity index is 977. The molecule has 1 amide bonds. The summed E-state index contributed by atoms with van der Waals surface area (Å²) < 4.78 is 5.88. The van der Waals surface area contributed by atoms with Crippen LogP contribution in [0.3, 0.4) is 0 Å². The van der Waals surface area contributed by atoms with Gasteiger partial charge in [0.2, 0.25) is 11.8 Å². The van der Waals surface area contributed by atoms with E-state index in [2.05, 4.69) is 15.5 Å². The van der Waals surface area contributed by atoms with Gasteiger partial charge in [0.15, 0.2) is 5.58 Å². The summed E-state index contributed by atoms with van der Waals surface area (Å²) in [5.41, 5.74) is 6.46. The Morgan fingerprint density at radius 1 is 1.25 bits per heavy atom. The Balaban J connectivity index is 1.77. The van der Waals surface area contributed by atoms with E-state index in [0.29, 0.717) is 22.9 Å². The molecule has 24 heavy (non-hydrogen) atoms. The molecule has 1 aliphatic heterocycles. The van der Waals surface area contributed by atoms with E-state index in [4.69, 9.17) is 16.0 Å². The zero-order chi connectivity index (χ0) is 16.7. The number of oxazole rings is 1. The van der Waals surface area contributed by atoms with E-state index in [1.54, 1.807) is 6.07 Å². The van der Waals surface area contributed by atoms with Crippen LogP contribution in [0.25, 0.3) is 22.6 Å². The lowest BCUT2D eigenvalue weighted by Crippen LogP contribution is -2.31. The van der Waals surface area contributed by atoms with Crippen molar-refractivity contribution in [3.8, 4) is 11.5 Å². The van der Waals surface area contributed by atoms with Crippen LogP contribution in [0.2, 0.25) is 5.02 Å². The van der Waals surface area contributed by atoms with Gasteiger partial charge < -0.3 is 4.42 Å².